The van der Waals surface area contributed by atoms with Crippen LogP contribution in [0.15, 0.2) is 11.3 Å². The molecule has 0 bridgehead atoms. The molecular weight excluding hydrogens is 304 g/mol. The Morgan fingerprint density at radius 1 is 1.12 bits per heavy atom. The third kappa shape index (κ3) is 5.89. The third-order valence-electron chi connectivity index (χ3n) is 5.43. The van der Waals surface area contributed by atoms with Gasteiger partial charge in [0.15, 0.2) is 0 Å². The molecule has 1 heterocycles. The van der Waals surface area contributed by atoms with Gasteiger partial charge in [-0.15, -0.1) is 0 Å². The molecule has 0 fully saturated rings. The molecular formula is C20H34O4. The van der Waals surface area contributed by atoms with Crippen LogP contribution in [-0.2, 0) is 9.53 Å². The molecule has 0 spiro atoms. The fraction of sp³-hybridized carbons (Fsp3) is 0.850. The number of hydrogen-bond acceptors (Lipinski definition) is 4. The maximum atomic E-state index is 11.9. The van der Waals surface area contributed by atoms with Gasteiger partial charge in [0.25, 0.3) is 0 Å². The Morgan fingerprint density at radius 3 is 2.62 bits per heavy atom. The molecule has 0 saturated carbocycles. The van der Waals surface area contributed by atoms with Crippen LogP contribution >= 0.6 is 0 Å². The summed E-state index contributed by atoms with van der Waals surface area (Å²) in [6, 6.07) is 0. The maximum absolute atomic E-state index is 11.9. The van der Waals surface area contributed by atoms with Gasteiger partial charge in [0.2, 0.25) is 0 Å². The zero-order valence-corrected chi connectivity index (χ0v) is 15.1. The molecule has 0 aromatic heterocycles. The Labute approximate surface area is 146 Å². The van der Waals surface area contributed by atoms with Crippen molar-refractivity contribution < 1.29 is 19.7 Å². The van der Waals surface area contributed by atoms with Crippen molar-refractivity contribution >= 4 is 5.97 Å². The van der Waals surface area contributed by atoms with Crippen molar-refractivity contribution in [3.05, 3.63) is 11.3 Å². The van der Waals surface area contributed by atoms with E-state index in [9.17, 15) is 15.0 Å². The summed E-state index contributed by atoms with van der Waals surface area (Å²) in [5.74, 6) is 0.616. The first kappa shape index (κ1) is 19.5. The van der Waals surface area contributed by atoms with E-state index in [-0.39, 0.29) is 18.0 Å². The Hall–Kier alpha value is -0.870. The Kier molecular flexibility index (Phi) is 8.26. The SMILES string of the molecule is CCCCC[C@H](O)CC[C@@H]1C2=C(C[C@H]1O)OC(=O)CCCCCC2. The van der Waals surface area contributed by atoms with Crippen molar-refractivity contribution in [2.45, 2.75) is 103 Å². The van der Waals surface area contributed by atoms with Gasteiger partial charge < -0.3 is 14.9 Å². The van der Waals surface area contributed by atoms with Crippen molar-refractivity contribution in [2.24, 2.45) is 5.92 Å². The van der Waals surface area contributed by atoms with E-state index in [1.54, 1.807) is 0 Å². The minimum Gasteiger partial charge on any atom is -0.431 e. The zero-order chi connectivity index (χ0) is 17.4. The second kappa shape index (κ2) is 10.2. The fourth-order valence-electron chi connectivity index (χ4n) is 3.97. The number of hydrogen-bond donors (Lipinski definition) is 2. The van der Waals surface area contributed by atoms with Crippen LogP contribution < -0.4 is 0 Å². The lowest BCUT2D eigenvalue weighted by atomic mass is 9.88. The summed E-state index contributed by atoms with van der Waals surface area (Å²) < 4.78 is 5.56. The molecule has 1 aliphatic carbocycles. The first-order chi connectivity index (χ1) is 11.6. The van der Waals surface area contributed by atoms with E-state index in [1.807, 2.05) is 0 Å². The van der Waals surface area contributed by atoms with Crippen LogP contribution in [0.4, 0.5) is 0 Å². The highest BCUT2D eigenvalue weighted by atomic mass is 16.5. The highest BCUT2D eigenvalue weighted by Gasteiger charge is 2.35. The number of aliphatic hydroxyl groups is 2. The van der Waals surface area contributed by atoms with Crippen LogP contribution in [-0.4, -0.2) is 28.4 Å². The Morgan fingerprint density at radius 2 is 1.88 bits per heavy atom. The third-order valence-corrected chi connectivity index (χ3v) is 5.43. The number of carbonyl (C=O) groups is 1. The molecule has 4 heteroatoms. The van der Waals surface area contributed by atoms with Crippen LogP contribution in [0.2, 0.25) is 0 Å². The summed E-state index contributed by atoms with van der Waals surface area (Å²) in [7, 11) is 0. The van der Waals surface area contributed by atoms with Gasteiger partial charge in [-0.25, -0.2) is 0 Å². The predicted molar refractivity (Wildman–Crippen MR) is 94.3 cm³/mol. The van der Waals surface area contributed by atoms with E-state index < -0.39 is 6.10 Å². The number of aliphatic hydroxyl groups excluding tert-OH is 2. The van der Waals surface area contributed by atoms with E-state index in [2.05, 4.69) is 6.92 Å². The predicted octanol–water partition coefficient (Wildman–Crippen LogP) is 4.24. The number of ether oxygens (including phenoxy) is 1. The average molecular weight is 338 g/mol. The number of unbranched alkanes of at least 4 members (excludes halogenated alkanes) is 2. The van der Waals surface area contributed by atoms with Gasteiger partial charge in [-0.1, -0.05) is 39.0 Å². The molecule has 4 nitrogen and oxygen atoms in total. The summed E-state index contributed by atoms with van der Waals surface area (Å²) in [6.07, 6.45) is 11.0. The molecule has 138 valence electrons. The first-order valence-electron chi connectivity index (χ1n) is 9.90. The lowest BCUT2D eigenvalue weighted by molar-refractivity contribution is -0.140. The molecule has 0 amide bonds. The van der Waals surface area contributed by atoms with Gasteiger partial charge in [0.05, 0.1) is 12.2 Å². The summed E-state index contributed by atoms with van der Waals surface area (Å²) in [6.45, 7) is 2.16. The van der Waals surface area contributed by atoms with Gasteiger partial charge in [-0.2, -0.15) is 0 Å². The topological polar surface area (TPSA) is 66.8 Å². The molecule has 2 rings (SSSR count). The average Bonchev–Trinajstić information content (AvgIpc) is 2.84. The zero-order valence-electron chi connectivity index (χ0n) is 15.1. The second-order valence-corrected chi connectivity index (χ2v) is 7.44. The van der Waals surface area contributed by atoms with Crippen molar-refractivity contribution in [3.63, 3.8) is 0 Å². The molecule has 0 radical (unpaired) electrons. The fourth-order valence-corrected chi connectivity index (χ4v) is 3.97. The molecule has 2 aliphatic rings. The Balaban J connectivity index is 1.93. The minimum atomic E-state index is -0.466. The van der Waals surface area contributed by atoms with E-state index in [1.165, 1.54) is 0 Å². The highest BCUT2D eigenvalue weighted by Crippen LogP contribution is 2.40. The van der Waals surface area contributed by atoms with Gasteiger partial charge in [0, 0.05) is 18.8 Å². The van der Waals surface area contributed by atoms with E-state index in [4.69, 9.17) is 4.74 Å². The van der Waals surface area contributed by atoms with Gasteiger partial charge in [-0.3, -0.25) is 4.79 Å². The van der Waals surface area contributed by atoms with Crippen molar-refractivity contribution in [1.29, 1.82) is 0 Å². The molecule has 0 saturated heterocycles. The Bertz CT molecular complexity index is 429. The summed E-state index contributed by atoms with van der Waals surface area (Å²) in [4.78, 5) is 11.9. The summed E-state index contributed by atoms with van der Waals surface area (Å²) >= 11 is 0. The van der Waals surface area contributed by atoms with E-state index in [0.717, 1.165) is 82.0 Å². The van der Waals surface area contributed by atoms with Crippen LogP contribution in [0.5, 0.6) is 0 Å². The monoisotopic (exact) mass is 338 g/mol. The molecule has 1 aliphatic heterocycles. The molecule has 2 N–H and O–H groups in total. The van der Waals surface area contributed by atoms with Gasteiger partial charge in [0.1, 0.15) is 5.76 Å². The lowest BCUT2D eigenvalue weighted by Crippen LogP contribution is -2.19. The van der Waals surface area contributed by atoms with Crippen LogP contribution in [0.25, 0.3) is 0 Å². The quantitative estimate of drug-likeness (QED) is 0.538. The van der Waals surface area contributed by atoms with E-state index >= 15 is 0 Å². The first-order valence-corrected chi connectivity index (χ1v) is 9.90. The van der Waals surface area contributed by atoms with Gasteiger partial charge >= 0.3 is 5.97 Å². The lowest BCUT2D eigenvalue weighted by Gasteiger charge is -2.21. The minimum absolute atomic E-state index is 0.0491. The molecule has 0 aromatic rings. The normalized spacial score (nSPS) is 26.9. The van der Waals surface area contributed by atoms with E-state index in [0.29, 0.717) is 12.8 Å². The van der Waals surface area contributed by atoms with Crippen molar-refractivity contribution in [1.82, 2.24) is 0 Å². The number of carbonyl (C=O) groups excluding carboxylic acids is 1. The second-order valence-electron chi connectivity index (χ2n) is 7.44. The van der Waals surface area contributed by atoms with Gasteiger partial charge in [-0.05, 0) is 44.1 Å². The largest absolute Gasteiger partial charge is 0.431 e. The van der Waals surface area contributed by atoms with Crippen LogP contribution in [0, 0.1) is 5.92 Å². The molecule has 24 heavy (non-hydrogen) atoms. The summed E-state index contributed by atoms with van der Waals surface area (Å²) in [5, 5.41) is 20.6. The highest BCUT2D eigenvalue weighted by molar-refractivity contribution is 5.70. The summed E-state index contributed by atoms with van der Waals surface area (Å²) in [5.41, 5.74) is 1.14. The standard InChI is InChI=1S/C20H34O4/c1-2-3-6-9-15(21)12-13-16-17-10-7-4-5-8-11-20(23)24-19(17)14-18(16)22/h15-16,18,21-22H,2-14H2,1H3/t15-,16+,18+/m0/s1. The molecule has 0 unspecified atom stereocenters. The van der Waals surface area contributed by atoms with Crippen molar-refractivity contribution in [2.75, 3.05) is 0 Å². The van der Waals surface area contributed by atoms with Crippen LogP contribution in [0.3, 0.4) is 0 Å². The molecule has 3 atom stereocenters. The number of esters is 1. The van der Waals surface area contributed by atoms with Crippen LogP contribution in [0.1, 0.15) is 90.4 Å². The molecule has 0 aromatic carbocycles. The number of rotatable bonds is 7. The van der Waals surface area contributed by atoms with Crippen molar-refractivity contribution in [3.8, 4) is 0 Å². The maximum Gasteiger partial charge on any atom is 0.310 e. The smallest absolute Gasteiger partial charge is 0.310 e.